The summed E-state index contributed by atoms with van der Waals surface area (Å²) < 4.78 is 11.0. The molecule has 1 atom stereocenters. The molecule has 0 saturated carbocycles. The number of aliphatic hydroxyl groups is 1. The molecule has 3 saturated heterocycles. The van der Waals surface area contributed by atoms with Crippen LogP contribution < -0.4 is 0 Å². The van der Waals surface area contributed by atoms with Gasteiger partial charge in [-0.05, 0) is 80.9 Å². The Kier molecular flexibility index (Phi) is 5.91. The number of hydrogen-bond donors (Lipinski definition) is 1. The molecule has 1 unspecified atom stereocenters. The fourth-order valence-corrected chi connectivity index (χ4v) is 5.44. The van der Waals surface area contributed by atoms with E-state index in [1.54, 1.807) is 6.07 Å². The van der Waals surface area contributed by atoms with Gasteiger partial charge in [0.25, 0.3) is 0 Å². The third kappa shape index (κ3) is 3.97. The molecule has 0 amide bonds. The van der Waals surface area contributed by atoms with Crippen LogP contribution in [0.1, 0.15) is 37.9 Å². The lowest BCUT2D eigenvalue weighted by Crippen LogP contribution is -2.55. The first kappa shape index (κ1) is 18.8. The molecule has 1 aromatic rings. The number of nitrogens with zero attached hydrogens (tertiary/aromatic N) is 2. The van der Waals surface area contributed by atoms with Crippen molar-refractivity contribution >= 4 is 11.6 Å². The van der Waals surface area contributed by atoms with Crippen molar-refractivity contribution in [3.8, 4) is 0 Å². The molecule has 3 fully saturated rings. The number of ether oxygens (including phenoxy) is 1. The van der Waals surface area contributed by atoms with E-state index in [9.17, 15) is 5.11 Å². The van der Waals surface area contributed by atoms with E-state index < -0.39 is 0 Å². The highest BCUT2D eigenvalue weighted by molar-refractivity contribution is 6.28. The Morgan fingerprint density at radius 2 is 1.85 bits per heavy atom. The predicted octanol–water partition coefficient (Wildman–Crippen LogP) is 3.01. The van der Waals surface area contributed by atoms with Crippen LogP contribution >= 0.6 is 11.6 Å². The molecule has 0 aliphatic carbocycles. The van der Waals surface area contributed by atoms with E-state index in [-0.39, 0.29) is 6.61 Å². The molecule has 146 valence electrons. The summed E-state index contributed by atoms with van der Waals surface area (Å²) in [7, 11) is 0. The van der Waals surface area contributed by atoms with Gasteiger partial charge in [-0.2, -0.15) is 0 Å². The van der Waals surface area contributed by atoms with Crippen LogP contribution in [0, 0.1) is 11.3 Å². The van der Waals surface area contributed by atoms with Crippen LogP contribution in [-0.4, -0.2) is 66.9 Å². The highest BCUT2D eigenvalue weighted by Crippen LogP contribution is 2.46. The van der Waals surface area contributed by atoms with Gasteiger partial charge in [0, 0.05) is 38.3 Å². The first-order chi connectivity index (χ1) is 12.7. The van der Waals surface area contributed by atoms with E-state index in [1.807, 2.05) is 6.07 Å². The average Bonchev–Trinajstić information content (AvgIpc) is 3.09. The number of aliphatic hydroxyl groups excluding tert-OH is 1. The summed E-state index contributed by atoms with van der Waals surface area (Å²) in [6.45, 7) is 7.27. The van der Waals surface area contributed by atoms with E-state index in [4.69, 9.17) is 20.8 Å². The molecule has 4 rings (SSSR count). The number of likely N-dealkylation sites (tertiary alicyclic amines) is 2. The number of hydrogen-bond acceptors (Lipinski definition) is 5. The van der Waals surface area contributed by atoms with Gasteiger partial charge in [0.2, 0.25) is 0 Å². The third-order valence-electron chi connectivity index (χ3n) is 7.00. The second-order valence-corrected chi connectivity index (χ2v) is 8.68. The van der Waals surface area contributed by atoms with Gasteiger partial charge in [-0.25, -0.2) is 0 Å². The maximum atomic E-state index is 10.1. The molecule has 3 aliphatic rings. The van der Waals surface area contributed by atoms with Crippen LogP contribution in [0.5, 0.6) is 0 Å². The molecular formula is C20H31ClN2O3. The van der Waals surface area contributed by atoms with Gasteiger partial charge < -0.3 is 19.2 Å². The Morgan fingerprint density at radius 3 is 2.50 bits per heavy atom. The number of rotatable bonds is 4. The number of furan rings is 1. The Balaban J connectivity index is 1.34. The SMILES string of the molecule is OCC1CN(Cc2ccc(Cl)o2)CCC12CCN(C1CCOCC1)CC2. The van der Waals surface area contributed by atoms with Crippen molar-refractivity contribution in [3.05, 3.63) is 23.1 Å². The predicted molar refractivity (Wildman–Crippen MR) is 101 cm³/mol. The highest BCUT2D eigenvalue weighted by atomic mass is 35.5. The van der Waals surface area contributed by atoms with Crippen molar-refractivity contribution in [2.45, 2.75) is 44.7 Å². The van der Waals surface area contributed by atoms with Crippen molar-refractivity contribution in [3.63, 3.8) is 0 Å². The van der Waals surface area contributed by atoms with E-state index in [0.29, 0.717) is 22.6 Å². The fourth-order valence-electron chi connectivity index (χ4n) is 5.28. The molecule has 1 aromatic heterocycles. The van der Waals surface area contributed by atoms with Gasteiger partial charge in [0.1, 0.15) is 5.76 Å². The van der Waals surface area contributed by atoms with Crippen LogP contribution in [0.3, 0.4) is 0 Å². The van der Waals surface area contributed by atoms with Crippen LogP contribution in [0.4, 0.5) is 0 Å². The van der Waals surface area contributed by atoms with Crippen molar-refractivity contribution < 1.29 is 14.3 Å². The van der Waals surface area contributed by atoms with Crippen molar-refractivity contribution in [2.24, 2.45) is 11.3 Å². The van der Waals surface area contributed by atoms with Crippen LogP contribution in [0.25, 0.3) is 0 Å². The summed E-state index contributed by atoms with van der Waals surface area (Å²) in [5.74, 6) is 1.27. The lowest BCUT2D eigenvalue weighted by molar-refractivity contribution is -0.0609. The van der Waals surface area contributed by atoms with Crippen molar-refractivity contribution in [1.82, 2.24) is 9.80 Å². The third-order valence-corrected chi connectivity index (χ3v) is 7.20. The van der Waals surface area contributed by atoms with E-state index >= 15 is 0 Å². The molecule has 6 heteroatoms. The summed E-state index contributed by atoms with van der Waals surface area (Å²) in [6, 6.07) is 4.46. The molecule has 1 N–H and O–H groups in total. The molecular weight excluding hydrogens is 352 g/mol. The second-order valence-electron chi connectivity index (χ2n) is 8.31. The molecule has 0 aromatic carbocycles. The topological polar surface area (TPSA) is 49.1 Å². The molecule has 3 aliphatic heterocycles. The summed E-state index contributed by atoms with van der Waals surface area (Å²) in [5, 5.41) is 10.6. The lowest BCUT2D eigenvalue weighted by atomic mass is 9.64. The highest BCUT2D eigenvalue weighted by Gasteiger charge is 2.45. The molecule has 1 spiro atoms. The molecule has 5 nitrogen and oxygen atoms in total. The zero-order valence-corrected chi connectivity index (χ0v) is 16.3. The van der Waals surface area contributed by atoms with Crippen LogP contribution in [0.15, 0.2) is 16.5 Å². The Labute approximate surface area is 161 Å². The Hall–Kier alpha value is -0.590. The monoisotopic (exact) mass is 382 g/mol. The molecule has 4 heterocycles. The zero-order chi connectivity index (χ0) is 18.0. The first-order valence-corrected chi connectivity index (χ1v) is 10.5. The zero-order valence-electron chi connectivity index (χ0n) is 15.5. The van der Waals surface area contributed by atoms with Gasteiger partial charge in [0.15, 0.2) is 5.22 Å². The Bertz CT molecular complexity index is 579. The Morgan fingerprint density at radius 1 is 1.12 bits per heavy atom. The summed E-state index contributed by atoms with van der Waals surface area (Å²) in [6.07, 6.45) is 5.96. The minimum atomic E-state index is 0.284. The molecule has 0 bridgehead atoms. The minimum Gasteiger partial charge on any atom is -0.448 e. The van der Waals surface area contributed by atoms with E-state index in [2.05, 4.69) is 9.80 Å². The van der Waals surface area contributed by atoms with Gasteiger partial charge in [-0.1, -0.05) is 0 Å². The van der Waals surface area contributed by atoms with Crippen LogP contribution in [-0.2, 0) is 11.3 Å². The normalized spacial score (nSPS) is 28.6. The molecule has 26 heavy (non-hydrogen) atoms. The largest absolute Gasteiger partial charge is 0.448 e. The average molecular weight is 383 g/mol. The molecule has 0 radical (unpaired) electrons. The smallest absolute Gasteiger partial charge is 0.193 e. The van der Waals surface area contributed by atoms with E-state index in [1.165, 1.54) is 45.2 Å². The quantitative estimate of drug-likeness (QED) is 0.867. The van der Waals surface area contributed by atoms with Gasteiger partial charge in [-0.15, -0.1) is 0 Å². The van der Waals surface area contributed by atoms with E-state index in [0.717, 1.165) is 38.6 Å². The lowest BCUT2D eigenvalue weighted by Gasteiger charge is -2.52. The minimum absolute atomic E-state index is 0.284. The summed E-state index contributed by atoms with van der Waals surface area (Å²) >= 11 is 5.89. The number of halogens is 1. The first-order valence-electron chi connectivity index (χ1n) is 10.1. The maximum absolute atomic E-state index is 10.1. The van der Waals surface area contributed by atoms with Crippen molar-refractivity contribution in [1.29, 1.82) is 0 Å². The maximum Gasteiger partial charge on any atom is 0.193 e. The summed E-state index contributed by atoms with van der Waals surface area (Å²) in [4.78, 5) is 5.09. The van der Waals surface area contributed by atoms with Gasteiger partial charge in [-0.3, -0.25) is 4.90 Å². The fraction of sp³-hybridized carbons (Fsp3) is 0.800. The van der Waals surface area contributed by atoms with Crippen molar-refractivity contribution in [2.75, 3.05) is 46.0 Å². The second kappa shape index (κ2) is 8.19. The van der Waals surface area contributed by atoms with Gasteiger partial charge >= 0.3 is 0 Å². The van der Waals surface area contributed by atoms with Gasteiger partial charge in [0.05, 0.1) is 6.54 Å². The standard InChI is InChI=1S/C20H31ClN2O3/c21-19-2-1-18(26-19)14-22-8-5-20(16(13-22)15-24)6-9-23(10-7-20)17-3-11-25-12-4-17/h1-2,16-17,24H,3-15H2. The number of piperidine rings is 2. The summed E-state index contributed by atoms with van der Waals surface area (Å²) in [5.41, 5.74) is 0.313. The van der Waals surface area contributed by atoms with Crippen LogP contribution in [0.2, 0.25) is 5.22 Å².